The maximum Gasteiger partial charge on any atom is 0.225 e. The summed E-state index contributed by atoms with van der Waals surface area (Å²) < 4.78 is 0. The predicted octanol–water partition coefficient (Wildman–Crippen LogP) is 1.67. The van der Waals surface area contributed by atoms with Crippen LogP contribution in [0.4, 0.5) is 0 Å². The second kappa shape index (κ2) is 6.02. The van der Waals surface area contributed by atoms with E-state index in [1.54, 1.807) is 0 Å². The van der Waals surface area contributed by atoms with E-state index in [0.717, 1.165) is 19.3 Å². The summed E-state index contributed by atoms with van der Waals surface area (Å²) in [5.41, 5.74) is 5.27. The highest BCUT2D eigenvalue weighted by Crippen LogP contribution is 2.13. The summed E-state index contributed by atoms with van der Waals surface area (Å²) in [5, 5.41) is 2.98. The second-order valence-corrected chi connectivity index (χ2v) is 4.80. The third-order valence-electron chi connectivity index (χ3n) is 2.21. The average Bonchev–Trinajstić information content (AvgIpc) is 2.10. The fourth-order valence-corrected chi connectivity index (χ4v) is 1.10. The fraction of sp³-hybridized carbons (Fsp3) is 0.909. The average molecular weight is 200 g/mol. The van der Waals surface area contributed by atoms with Crippen molar-refractivity contribution in [2.75, 3.05) is 6.54 Å². The second-order valence-electron chi connectivity index (χ2n) is 4.80. The number of carbonyl (C=O) groups excluding carboxylic acids is 1. The number of amides is 1. The molecule has 0 saturated heterocycles. The Hall–Kier alpha value is -0.570. The largest absolute Gasteiger partial charge is 0.352 e. The van der Waals surface area contributed by atoms with Crippen LogP contribution in [0.3, 0.4) is 0 Å². The van der Waals surface area contributed by atoms with Crippen molar-refractivity contribution >= 4 is 5.91 Å². The molecule has 0 radical (unpaired) electrons. The number of nitrogens with two attached hydrogens (primary N) is 1. The lowest BCUT2D eigenvalue weighted by molar-refractivity contribution is -0.129. The zero-order valence-corrected chi connectivity index (χ0v) is 9.89. The summed E-state index contributed by atoms with van der Waals surface area (Å²) in [6, 6.07) is 0.140. The van der Waals surface area contributed by atoms with E-state index in [-0.39, 0.29) is 17.4 Å². The molecule has 3 nitrogen and oxygen atoms in total. The number of hydrogen-bond acceptors (Lipinski definition) is 2. The lowest BCUT2D eigenvalue weighted by Gasteiger charge is -2.23. The Morgan fingerprint density at radius 1 is 1.43 bits per heavy atom. The molecule has 14 heavy (non-hydrogen) atoms. The van der Waals surface area contributed by atoms with Gasteiger partial charge >= 0.3 is 0 Å². The Bertz CT molecular complexity index is 173. The minimum Gasteiger partial charge on any atom is -0.352 e. The third kappa shape index (κ3) is 5.22. The van der Waals surface area contributed by atoms with Crippen molar-refractivity contribution in [3.05, 3.63) is 0 Å². The van der Waals surface area contributed by atoms with Crippen LogP contribution in [0.5, 0.6) is 0 Å². The number of rotatable bonds is 5. The molecule has 0 rings (SSSR count). The van der Waals surface area contributed by atoms with Crippen molar-refractivity contribution in [3.8, 4) is 0 Å². The highest BCUT2D eigenvalue weighted by atomic mass is 16.2. The summed E-state index contributed by atoms with van der Waals surface area (Å²) in [6.07, 6.45) is 3.24. The summed E-state index contributed by atoms with van der Waals surface area (Å²) in [4.78, 5) is 11.6. The molecular weight excluding hydrogens is 176 g/mol. The molecular formula is C11H24N2O. The van der Waals surface area contributed by atoms with Crippen LogP contribution in [0.25, 0.3) is 0 Å². The first kappa shape index (κ1) is 13.4. The zero-order chi connectivity index (χ0) is 11.2. The number of nitrogens with one attached hydrogen (secondary N) is 1. The van der Waals surface area contributed by atoms with Gasteiger partial charge in [0.15, 0.2) is 0 Å². The Balaban J connectivity index is 3.99. The van der Waals surface area contributed by atoms with Crippen LogP contribution in [0.15, 0.2) is 0 Å². The van der Waals surface area contributed by atoms with E-state index in [4.69, 9.17) is 5.73 Å². The number of carbonyl (C=O) groups is 1. The molecule has 1 atom stereocenters. The lowest BCUT2D eigenvalue weighted by atomic mass is 9.95. The molecule has 3 heteroatoms. The minimum atomic E-state index is -0.320. The normalized spacial score (nSPS) is 13.8. The van der Waals surface area contributed by atoms with Crippen LogP contribution in [-0.2, 0) is 4.79 Å². The van der Waals surface area contributed by atoms with E-state index < -0.39 is 0 Å². The Morgan fingerprint density at radius 3 is 2.36 bits per heavy atom. The lowest BCUT2D eigenvalue weighted by Crippen LogP contribution is -2.45. The molecule has 0 spiro atoms. The topological polar surface area (TPSA) is 55.1 Å². The maximum absolute atomic E-state index is 11.6. The van der Waals surface area contributed by atoms with E-state index in [2.05, 4.69) is 12.2 Å². The van der Waals surface area contributed by atoms with Gasteiger partial charge in [-0.05, 0) is 6.42 Å². The molecule has 0 aliphatic rings. The smallest absolute Gasteiger partial charge is 0.225 e. The van der Waals surface area contributed by atoms with Crippen LogP contribution in [0.2, 0.25) is 0 Å². The Kier molecular flexibility index (Phi) is 5.77. The van der Waals surface area contributed by atoms with Crippen LogP contribution >= 0.6 is 0 Å². The fourth-order valence-electron chi connectivity index (χ4n) is 1.10. The molecule has 0 bridgehead atoms. The van der Waals surface area contributed by atoms with Gasteiger partial charge in [-0.2, -0.15) is 0 Å². The van der Waals surface area contributed by atoms with Gasteiger partial charge < -0.3 is 11.1 Å². The maximum atomic E-state index is 11.6. The van der Waals surface area contributed by atoms with Crippen LogP contribution in [0.1, 0.15) is 47.0 Å². The van der Waals surface area contributed by atoms with Crippen LogP contribution in [-0.4, -0.2) is 18.5 Å². The first-order valence-electron chi connectivity index (χ1n) is 5.42. The summed E-state index contributed by atoms with van der Waals surface area (Å²) >= 11 is 0. The molecule has 84 valence electrons. The Morgan fingerprint density at radius 2 is 2.00 bits per heavy atom. The van der Waals surface area contributed by atoms with E-state index in [0.29, 0.717) is 6.54 Å². The summed E-state index contributed by atoms with van der Waals surface area (Å²) in [6.45, 7) is 8.40. The molecule has 0 fully saturated rings. The van der Waals surface area contributed by atoms with Gasteiger partial charge in [0, 0.05) is 18.0 Å². The van der Waals surface area contributed by atoms with Crippen LogP contribution < -0.4 is 11.1 Å². The van der Waals surface area contributed by atoms with Gasteiger partial charge in [0.1, 0.15) is 0 Å². The van der Waals surface area contributed by atoms with E-state index >= 15 is 0 Å². The molecule has 0 saturated carbocycles. The third-order valence-corrected chi connectivity index (χ3v) is 2.21. The zero-order valence-electron chi connectivity index (χ0n) is 9.89. The predicted molar refractivity (Wildman–Crippen MR) is 60.0 cm³/mol. The van der Waals surface area contributed by atoms with Crippen molar-refractivity contribution in [1.29, 1.82) is 0 Å². The van der Waals surface area contributed by atoms with Crippen molar-refractivity contribution < 1.29 is 4.79 Å². The van der Waals surface area contributed by atoms with Crippen molar-refractivity contribution in [3.63, 3.8) is 0 Å². The standard InChI is InChI=1S/C11H24N2O/c1-5-6-7-9(8-12)13-10(14)11(2,3)4/h9H,5-8,12H2,1-4H3,(H,13,14). The molecule has 0 aromatic rings. The Labute approximate surface area is 87.4 Å². The first-order valence-corrected chi connectivity index (χ1v) is 5.42. The molecule has 0 aliphatic heterocycles. The molecule has 0 heterocycles. The molecule has 1 unspecified atom stereocenters. The summed E-state index contributed by atoms with van der Waals surface area (Å²) in [7, 11) is 0. The number of hydrogen-bond donors (Lipinski definition) is 2. The minimum absolute atomic E-state index is 0.0871. The molecule has 3 N–H and O–H groups in total. The summed E-state index contributed by atoms with van der Waals surface area (Å²) in [5.74, 6) is 0.0871. The highest BCUT2D eigenvalue weighted by Gasteiger charge is 2.23. The van der Waals surface area contributed by atoms with Gasteiger partial charge in [0.25, 0.3) is 0 Å². The number of unbranched alkanes of at least 4 members (excludes halogenated alkanes) is 1. The van der Waals surface area contributed by atoms with E-state index in [1.165, 1.54) is 0 Å². The van der Waals surface area contributed by atoms with E-state index in [9.17, 15) is 4.79 Å². The van der Waals surface area contributed by atoms with Crippen LogP contribution in [0, 0.1) is 5.41 Å². The molecule has 0 aliphatic carbocycles. The SMILES string of the molecule is CCCCC(CN)NC(=O)C(C)(C)C. The van der Waals surface area contributed by atoms with Gasteiger partial charge in [0.2, 0.25) is 5.91 Å². The van der Waals surface area contributed by atoms with Gasteiger partial charge in [-0.15, -0.1) is 0 Å². The van der Waals surface area contributed by atoms with E-state index in [1.807, 2.05) is 20.8 Å². The molecule has 0 aromatic carbocycles. The van der Waals surface area contributed by atoms with Gasteiger partial charge in [-0.3, -0.25) is 4.79 Å². The van der Waals surface area contributed by atoms with Gasteiger partial charge in [-0.25, -0.2) is 0 Å². The van der Waals surface area contributed by atoms with Gasteiger partial charge in [0.05, 0.1) is 0 Å². The van der Waals surface area contributed by atoms with Gasteiger partial charge in [-0.1, -0.05) is 40.5 Å². The monoisotopic (exact) mass is 200 g/mol. The quantitative estimate of drug-likeness (QED) is 0.709. The van der Waals surface area contributed by atoms with Crippen molar-refractivity contribution in [2.24, 2.45) is 11.1 Å². The molecule has 0 aromatic heterocycles. The molecule has 1 amide bonds. The highest BCUT2D eigenvalue weighted by molar-refractivity contribution is 5.81. The first-order chi connectivity index (χ1) is 6.41. The van der Waals surface area contributed by atoms with Crippen molar-refractivity contribution in [1.82, 2.24) is 5.32 Å². The van der Waals surface area contributed by atoms with Crippen molar-refractivity contribution in [2.45, 2.75) is 53.0 Å².